The van der Waals surface area contributed by atoms with Gasteiger partial charge in [-0.3, -0.25) is 9.89 Å². The summed E-state index contributed by atoms with van der Waals surface area (Å²) in [6, 6.07) is 15.4. The highest BCUT2D eigenvalue weighted by Gasteiger charge is 2.25. The number of H-pyrrole nitrogens is 1. The number of halogens is 1. The summed E-state index contributed by atoms with van der Waals surface area (Å²) < 4.78 is 5.21. The van der Waals surface area contributed by atoms with Crippen molar-refractivity contribution in [3.8, 4) is 17.0 Å². The molecule has 3 aromatic rings. The van der Waals surface area contributed by atoms with Crippen LogP contribution < -0.4 is 9.64 Å². The van der Waals surface area contributed by atoms with Gasteiger partial charge < -0.3 is 14.5 Å². The first-order chi connectivity index (χ1) is 13.7. The smallest absolute Gasteiger partial charge is 0.257 e. The summed E-state index contributed by atoms with van der Waals surface area (Å²) in [4.78, 5) is 17.2. The number of aromatic nitrogens is 2. The van der Waals surface area contributed by atoms with Gasteiger partial charge in [0.2, 0.25) is 0 Å². The van der Waals surface area contributed by atoms with E-state index < -0.39 is 0 Å². The lowest BCUT2D eigenvalue weighted by Gasteiger charge is -2.36. The molecule has 2 heterocycles. The zero-order valence-electron chi connectivity index (χ0n) is 15.6. The standard InChI is InChI=1S/C21H21ClN4O2/c1-28-18-8-6-17(7-9-18)25-10-12-26(13-11-25)21(27)19-14-23-24-20(19)15-2-4-16(22)5-3-15/h2-9,14H,10-13H2,1H3,(H,23,24). The molecule has 1 aliphatic heterocycles. The molecule has 1 saturated heterocycles. The number of hydrogen-bond acceptors (Lipinski definition) is 4. The van der Waals surface area contributed by atoms with E-state index in [1.807, 2.05) is 41.3 Å². The van der Waals surface area contributed by atoms with Crippen molar-refractivity contribution >= 4 is 23.2 Å². The maximum atomic E-state index is 13.1. The fourth-order valence-corrected chi connectivity index (χ4v) is 3.54. The normalized spacial score (nSPS) is 14.2. The second kappa shape index (κ2) is 7.94. The average Bonchev–Trinajstić information content (AvgIpc) is 3.24. The van der Waals surface area contributed by atoms with Crippen molar-refractivity contribution in [1.82, 2.24) is 15.1 Å². The first-order valence-electron chi connectivity index (χ1n) is 9.13. The third kappa shape index (κ3) is 3.68. The van der Waals surface area contributed by atoms with Crippen LogP contribution in [0.3, 0.4) is 0 Å². The zero-order chi connectivity index (χ0) is 19.5. The predicted octanol–water partition coefficient (Wildman–Crippen LogP) is 3.70. The molecule has 1 aromatic heterocycles. The van der Waals surface area contributed by atoms with Gasteiger partial charge in [-0.1, -0.05) is 23.7 Å². The van der Waals surface area contributed by atoms with Crippen molar-refractivity contribution in [3.63, 3.8) is 0 Å². The maximum Gasteiger partial charge on any atom is 0.257 e. The van der Waals surface area contributed by atoms with E-state index in [-0.39, 0.29) is 5.91 Å². The molecule has 6 nitrogen and oxygen atoms in total. The number of nitrogens with one attached hydrogen (secondary N) is 1. The molecule has 2 aromatic carbocycles. The van der Waals surface area contributed by atoms with Gasteiger partial charge in [0.05, 0.1) is 24.6 Å². The Morgan fingerprint density at radius 2 is 1.71 bits per heavy atom. The number of hydrogen-bond donors (Lipinski definition) is 1. The minimum Gasteiger partial charge on any atom is -0.497 e. The van der Waals surface area contributed by atoms with Gasteiger partial charge in [0.25, 0.3) is 5.91 Å². The van der Waals surface area contributed by atoms with Crippen molar-refractivity contribution in [2.24, 2.45) is 0 Å². The van der Waals surface area contributed by atoms with Gasteiger partial charge in [0, 0.05) is 42.5 Å². The summed E-state index contributed by atoms with van der Waals surface area (Å²) in [7, 11) is 1.66. The van der Waals surface area contributed by atoms with E-state index in [0.29, 0.717) is 23.7 Å². The minimum absolute atomic E-state index is 0.00641. The summed E-state index contributed by atoms with van der Waals surface area (Å²) in [5, 5.41) is 7.69. The number of piperazine rings is 1. The maximum absolute atomic E-state index is 13.1. The molecule has 0 saturated carbocycles. The highest BCUT2D eigenvalue weighted by atomic mass is 35.5. The van der Waals surface area contributed by atoms with E-state index in [1.54, 1.807) is 25.4 Å². The predicted molar refractivity (Wildman–Crippen MR) is 110 cm³/mol. The molecule has 1 amide bonds. The van der Waals surface area contributed by atoms with Crippen LogP contribution in [0.5, 0.6) is 5.75 Å². The lowest BCUT2D eigenvalue weighted by Crippen LogP contribution is -2.48. The van der Waals surface area contributed by atoms with Gasteiger partial charge in [-0.15, -0.1) is 0 Å². The molecular formula is C21H21ClN4O2. The highest BCUT2D eigenvalue weighted by Crippen LogP contribution is 2.25. The van der Waals surface area contributed by atoms with Crippen LogP contribution in [0.15, 0.2) is 54.7 Å². The second-order valence-electron chi connectivity index (χ2n) is 6.64. The van der Waals surface area contributed by atoms with Gasteiger partial charge in [0.1, 0.15) is 5.75 Å². The van der Waals surface area contributed by atoms with Crippen LogP contribution in [0.25, 0.3) is 11.3 Å². The fraction of sp³-hybridized carbons (Fsp3) is 0.238. The Morgan fingerprint density at radius 3 is 2.36 bits per heavy atom. The first-order valence-corrected chi connectivity index (χ1v) is 9.51. The Bertz CT molecular complexity index is 945. The van der Waals surface area contributed by atoms with Crippen molar-refractivity contribution in [1.29, 1.82) is 0 Å². The van der Waals surface area contributed by atoms with Crippen molar-refractivity contribution in [3.05, 3.63) is 65.3 Å². The number of ether oxygens (including phenoxy) is 1. The van der Waals surface area contributed by atoms with Crippen LogP contribution in [0, 0.1) is 0 Å². The number of carbonyl (C=O) groups excluding carboxylic acids is 1. The molecule has 144 valence electrons. The number of carbonyl (C=O) groups is 1. The largest absolute Gasteiger partial charge is 0.497 e. The number of benzene rings is 2. The van der Waals surface area contributed by atoms with Crippen LogP contribution in [0.4, 0.5) is 5.69 Å². The van der Waals surface area contributed by atoms with E-state index in [4.69, 9.17) is 16.3 Å². The van der Waals surface area contributed by atoms with Crippen LogP contribution in [0.2, 0.25) is 5.02 Å². The number of anilines is 1. The fourth-order valence-electron chi connectivity index (χ4n) is 3.42. The molecule has 1 fully saturated rings. The highest BCUT2D eigenvalue weighted by molar-refractivity contribution is 6.30. The molecule has 0 radical (unpaired) electrons. The summed E-state index contributed by atoms with van der Waals surface area (Å²) in [5.74, 6) is 0.834. The number of nitrogens with zero attached hydrogens (tertiary/aromatic N) is 3. The number of methoxy groups -OCH3 is 1. The molecule has 0 bridgehead atoms. The lowest BCUT2D eigenvalue weighted by atomic mass is 10.1. The topological polar surface area (TPSA) is 61.5 Å². The quantitative estimate of drug-likeness (QED) is 0.730. The van der Waals surface area contributed by atoms with Gasteiger partial charge in [-0.05, 0) is 36.4 Å². The number of aromatic amines is 1. The van der Waals surface area contributed by atoms with Crippen molar-refractivity contribution in [2.75, 3.05) is 38.2 Å². The molecule has 28 heavy (non-hydrogen) atoms. The summed E-state index contributed by atoms with van der Waals surface area (Å²) >= 11 is 5.97. The van der Waals surface area contributed by atoms with Gasteiger partial charge in [0.15, 0.2) is 0 Å². The molecule has 4 rings (SSSR count). The second-order valence-corrected chi connectivity index (χ2v) is 7.08. The van der Waals surface area contributed by atoms with E-state index in [1.165, 1.54) is 0 Å². The van der Waals surface area contributed by atoms with Crippen LogP contribution in [-0.2, 0) is 0 Å². The van der Waals surface area contributed by atoms with Crippen molar-refractivity contribution < 1.29 is 9.53 Å². The average molecular weight is 397 g/mol. The SMILES string of the molecule is COc1ccc(N2CCN(C(=O)c3cn[nH]c3-c3ccc(Cl)cc3)CC2)cc1. The molecule has 1 aliphatic rings. The third-order valence-electron chi connectivity index (χ3n) is 5.01. The molecular weight excluding hydrogens is 376 g/mol. The Hall–Kier alpha value is -2.99. The number of rotatable bonds is 4. The monoisotopic (exact) mass is 396 g/mol. The van der Waals surface area contributed by atoms with Crippen molar-refractivity contribution in [2.45, 2.75) is 0 Å². The van der Waals surface area contributed by atoms with Crippen LogP contribution in [-0.4, -0.2) is 54.3 Å². The molecule has 0 aliphatic carbocycles. The third-order valence-corrected chi connectivity index (χ3v) is 5.26. The van der Waals surface area contributed by atoms with E-state index in [2.05, 4.69) is 15.1 Å². The van der Waals surface area contributed by atoms with E-state index in [9.17, 15) is 4.79 Å². The van der Waals surface area contributed by atoms with Gasteiger partial charge in [-0.2, -0.15) is 5.10 Å². The van der Waals surface area contributed by atoms with E-state index in [0.717, 1.165) is 35.8 Å². The van der Waals surface area contributed by atoms with Crippen LogP contribution >= 0.6 is 11.6 Å². The summed E-state index contributed by atoms with van der Waals surface area (Å²) in [6.07, 6.45) is 1.60. The molecule has 0 spiro atoms. The molecule has 1 N–H and O–H groups in total. The lowest BCUT2D eigenvalue weighted by molar-refractivity contribution is 0.0747. The summed E-state index contributed by atoms with van der Waals surface area (Å²) in [6.45, 7) is 2.89. The summed E-state index contributed by atoms with van der Waals surface area (Å²) in [5.41, 5.74) is 3.33. The van der Waals surface area contributed by atoms with Gasteiger partial charge >= 0.3 is 0 Å². The Balaban J connectivity index is 1.44. The van der Waals surface area contributed by atoms with Crippen LogP contribution in [0.1, 0.15) is 10.4 Å². The van der Waals surface area contributed by atoms with Gasteiger partial charge in [-0.25, -0.2) is 0 Å². The zero-order valence-corrected chi connectivity index (χ0v) is 16.3. The molecule has 7 heteroatoms. The van der Waals surface area contributed by atoms with E-state index >= 15 is 0 Å². The number of amides is 1. The molecule has 0 unspecified atom stereocenters. The Morgan fingerprint density at radius 1 is 1.04 bits per heavy atom. The molecule has 0 atom stereocenters. The Labute approximate surface area is 168 Å². The Kier molecular flexibility index (Phi) is 5.21. The minimum atomic E-state index is -0.00641. The first kappa shape index (κ1) is 18.4.